The lowest BCUT2D eigenvalue weighted by molar-refractivity contribution is -0.122. The zero-order valence-electron chi connectivity index (χ0n) is 18.2. The van der Waals surface area contributed by atoms with Crippen LogP contribution >= 0.6 is 11.3 Å². The summed E-state index contributed by atoms with van der Waals surface area (Å²) in [6.45, 7) is 1.87. The van der Waals surface area contributed by atoms with E-state index < -0.39 is 16.1 Å². The fraction of sp³-hybridized carbons (Fsp3) is 0.273. The molecular formula is C22H25N3O5S2. The Hall–Kier alpha value is -2.95. The molecule has 170 valence electrons. The van der Waals surface area contributed by atoms with Crippen LogP contribution in [-0.4, -0.2) is 50.9 Å². The lowest BCUT2D eigenvalue weighted by Crippen LogP contribution is -2.32. The van der Waals surface area contributed by atoms with Crippen LogP contribution in [0.1, 0.15) is 13.3 Å². The summed E-state index contributed by atoms with van der Waals surface area (Å²) < 4.78 is 36.5. The van der Waals surface area contributed by atoms with Gasteiger partial charge in [-0.25, -0.2) is 17.7 Å². The number of sulfonamides is 1. The van der Waals surface area contributed by atoms with Gasteiger partial charge in [0.15, 0.2) is 11.2 Å². The Labute approximate surface area is 191 Å². The van der Waals surface area contributed by atoms with Gasteiger partial charge in [0.2, 0.25) is 10.0 Å². The maximum absolute atomic E-state index is 12.7. The molecule has 1 atom stereocenters. The van der Waals surface area contributed by atoms with Crippen LogP contribution < -0.4 is 14.8 Å². The van der Waals surface area contributed by atoms with Gasteiger partial charge in [-0.2, -0.15) is 0 Å². The number of aromatic nitrogens is 1. The number of anilines is 1. The lowest BCUT2D eigenvalue weighted by atomic mass is 10.2. The molecule has 2 aromatic carbocycles. The van der Waals surface area contributed by atoms with Crippen molar-refractivity contribution in [2.45, 2.75) is 24.3 Å². The quantitative estimate of drug-likeness (QED) is 0.505. The summed E-state index contributed by atoms with van der Waals surface area (Å²) >= 11 is 1.28. The van der Waals surface area contributed by atoms with Crippen molar-refractivity contribution in [3.05, 3.63) is 53.9 Å². The van der Waals surface area contributed by atoms with Gasteiger partial charge in [-0.1, -0.05) is 19.1 Å². The second-order valence-corrected chi connectivity index (χ2v) is 10.0. The number of thiazole rings is 1. The number of hydrogen-bond donors (Lipinski definition) is 1. The van der Waals surface area contributed by atoms with Gasteiger partial charge in [0.25, 0.3) is 5.91 Å². The highest BCUT2D eigenvalue weighted by atomic mass is 32.2. The third-order valence-corrected chi connectivity index (χ3v) is 7.25. The van der Waals surface area contributed by atoms with Gasteiger partial charge in [-0.05, 0) is 42.8 Å². The smallest absolute Gasteiger partial charge is 0.267 e. The maximum Gasteiger partial charge on any atom is 0.267 e. The van der Waals surface area contributed by atoms with E-state index in [2.05, 4.69) is 10.3 Å². The SMILES string of the molecule is CCC(Oc1ccc(OC)cc1)C(=O)Nc1nc(-c2ccc(S(=O)(=O)N(C)C)cc2)cs1. The summed E-state index contributed by atoms with van der Waals surface area (Å²) in [7, 11) is 1.07. The number of benzene rings is 2. The largest absolute Gasteiger partial charge is 0.497 e. The number of ether oxygens (including phenoxy) is 2. The number of methoxy groups -OCH3 is 1. The number of carbonyl (C=O) groups excluding carboxylic acids is 1. The molecule has 0 bridgehead atoms. The standard InChI is InChI=1S/C22H25N3O5S2/c1-5-20(30-17-10-8-16(29-4)9-11-17)21(26)24-22-23-19(14-31-22)15-6-12-18(13-7-15)32(27,28)25(2)3/h6-14,20H,5H2,1-4H3,(H,23,24,26). The van der Waals surface area contributed by atoms with Crippen molar-refractivity contribution in [2.24, 2.45) is 0 Å². The maximum atomic E-state index is 12.7. The van der Waals surface area contributed by atoms with Crippen LogP contribution in [0.3, 0.4) is 0 Å². The summed E-state index contributed by atoms with van der Waals surface area (Å²) in [5, 5.41) is 5.03. The summed E-state index contributed by atoms with van der Waals surface area (Å²) in [4.78, 5) is 17.3. The molecule has 0 aliphatic carbocycles. The van der Waals surface area contributed by atoms with Gasteiger partial charge in [-0.15, -0.1) is 11.3 Å². The molecule has 1 unspecified atom stereocenters. The van der Waals surface area contributed by atoms with Crippen LogP contribution in [0.4, 0.5) is 5.13 Å². The Balaban J connectivity index is 1.67. The highest BCUT2D eigenvalue weighted by molar-refractivity contribution is 7.89. The summed E-state index contributed by atoms with van der Waals surface area (Å²) in [6, 6.07) is 13.5. The molecule has 0 spiro atoms. The van der Waals surface area contributed by atoms with Crippen molar-refractivity contribution in [1.82, 2.24) is 9.29 Å². The Morgan fingerprint density at radius 2 is 1.72 bits per heavy atom. The lowest BCUT2D eigenvalue weighted by Gasteiger charge is -2.16. The molecule has 1 aromatic heterocycles. The molecule has 1 amide bonds. The van der Waals surface area contributed by atoms with Gasteiger partial charge in [0.1, 0.15) is 11.5 Å². The van der Waals surface area contributed by atoms with E-state index in [9.17, 15) is 13.2 Å². The minimum absolute atomic E-state index is 0.205. The molecule has 0 aliphatic rings. The van der Waals surface area contributed by atoms with E-state index >= 15 is 0 Å². The average Bonchev–Trinajstić information content (AvgIpc) is 3.26. The number of carbonyl (C=O) groups is 1. The molecule has 0 saturated heterocycles. The second-order valence-electron chi connectivity index (χ2n) is 7.03. The van der Waals surface area contributed by atoms with Crippen molar-refractivity contribution >= 4 is 32.4 Å². The van der Waals surface area contributed by atoms with Crippen molar-refractivity contribution in [2.75, 3.05) is 26.5 Å². The van der Waals surface area contributed by atoms with Gasteiger partial charge in [0.05, 0.1) is 17.7 Å². The highest BCUT2D eigenvalue weighted by Gasteiger charge is 2.21. The normalized spacial score (nSPS) is 12.4. The van der Waals surface area contributed by atoms with Crippen LogP contribution in [0, 0.1) is 0 Å². The van der Waals surface area contributed by atoms with E-state index in [-0.39, 0.29) is 10.8 Å². The zero-order chi connectivity index (χ0) is 23.3. The van der Waals surface area contributed by atoms with Crippen LogP contribution in [0.2, 0.25) is 0 Å². The fourth-order valence-electron chi connectivity index (χ4n) is 2.80. The first-order valence-electron chi connectivity index (χ1n) is 9.84. The highest BCUT2D eigenvalue weighted by Crippen LogP contribution is 2.27. The van der Waals surface area contributed by atoms with E-state index in [1.54, 1.807) is 48.9 Å². The Kier molecular flexibility index (Phi) is 7.49. The topological polar surface area (TPSA) is 97.8 Å². The number of nitrogens with one attached hydrogen (secondary N) is 1. The average molecular weight is 476 g/mol. The second kappa shape index (κ2) is 10.1. The Bertz CT molecular complexity index is 1160. The summed E-state index contributed by atoms with van der Waals surface area (Å²) in [5.74, 6) is 0.981. The first kappa shape index (κ1) is 23.7. The number of amides is 1. The predicted molar refractivity (Wildman–Crippen MR) is 125 cm³/mol. The molecule has 3 rings (SSSR count). The third-order valence-electron chi connectivity index (χ3n) is 4.66. The van der Waals surface area contributed by atoms with Crippen molar-refractivity contribution in [3.8, 4) is 22.8 Å². The third kappa shape index (κ3) is 5.45. The molecule has 0 saturated carbocycles. The van der Waals surface area contributed by atoms with Crippen LogP contribution in [0.15, 0.2) is 58.8 Å². The van der Waals surface area contributed by atoms with Gasteiger partial charge in [0, 0.05) is 25.0 Å². The summed E-state index contributed by atoms with van der Waals surface area (Å²) in [5.41, 5.74) is 1.39. The van der Waals surface area contributed by atoms with E-state index in [4.69, 9.17) is 9.47 Å². The minimum atomic E-state index is -3.49. The molecular weight excluding hydrogens is 450 g/mol. The predicted octanol–water partition coefficient (Wildman–Crippen LogP) is 3.87. The number of nitrogens with zero attached hydrogens (tertiary/aromatic N) is 2. The Morgan fingerprint density at radius 3 is 2.28 bits per heavy atom. The van der Waals surface area contributed by atoms with Crippen molar-refractivity contribution < 1.29 is 22.7 Å². The van der Waals surface area contributed by atoms with Gasteiger partial charge >= 0.3 is 0 Å². The van der Waals surface area contributed by atoms with Gasteiger partial charge in [-0.3, -0.25) is 10.1 Å². The molecule has 10 heteroatoms. The zero-order valence-corrected chi connectivity index (χ0v) is 19.9. The molecule has 8 nitrogen and oxygen atoms in total. The first-order valence-corrected chi connectivity index (χ1v) is 12.2. The molecule has 1 N–H and O–H groups in total. The molecule has 1 heterocycles. The van der Waals surface area contributed by atoms with E-state index in [0.717, 1.165) is 9.87 Å². The Morgan fingerprint density at radius 1 is 1.09 bits per heavy atom. The summed E-state index contributed by atoms with van der Waals surface area (Å²) in [6.07, 6.45) is -0.191. The van der Waals surface area contributed by atoms with Crippen LogP contribution in [0.5, 0.6) is 11.5 Å². The van der Waals surface area contributed by atoms with Gasteiger partial charge < -0.3 is 9.47 Å². The molecule has 0 radical (unpaired) electrons. The minimum Gasteiger partial charge on any atom is -0.497 e. The van der Waals surface area contributed by atoms with E-state index in [0.29, 0.717) is 28.7 Å². The van der Waals surface area contributed by atoms with E-state index in [1.807, 2.05) is 6.92 Å². The van der Waals surface area contributed by atoms with Crippen LogP contribution in [-0.2, 0) is 14.8 Å². The number of hydrogen-bond acceptors (Lipinski definition) is 7. The molecule has 3 aromatic rings. The van der Waals surface area contributed by atoms with Crippen molar-refractivity contribution in [1.29, 1.82) is 0 Å². The molecule has 0 fully saturated rings. The monoisotopic (exact) mass is 475 g/mol. The fourth-order valence-corrected chi connectivity index (χ4v) is 4.42. The van der Waals surface area contributed by atoms with Crippen LogP contribution in [0.25, 0.3) is 11.3 Å². The van der Waals surface area contributed by atoms with Crippen molar-refractivity contribution in [3.63, 3.8) is 0 Å². The number of rotatable bonds is 9. The molecule has 0 aliphatic heterocycles. The first-order chi connectivity index (χ1) is 15.2. The molecule has 32 heavy (non-hydrogen) atoms. The van der Waals surface area contributed by atoms with E-state index in [1.165, 1.54) is 37.6 Å².